The minimum absolute atomic E-state index is 0.0836. The van der Waals surface area contributed by atoms with Gasteiger partial charge in [0.2, 0.25) is 0 Å². The summed E-state index contributed by atoms with van der Waals surface area (Å²) in [6, 6.07) is 1.86. The smallest absolute Gasteiger partial charge is 0.320 e. The Morgan fingerprint density at radius 1 is 1.03 bits per heavy atom. The number of hydrogen-bond acceptors (Lipinski definition) is 5. The molecule has 9 heteroatoms. The molecular weight excluding hydrogens is 466 g/mol. The van der Waals surface area contributed by atoms with Crippen molar-refractivity contribution >= 4 is 23.6 Å². The van der Waals surface area contributed by atoms with Crippen molar-refractivity contribution in [3.05, 3.63) is 65.2 Å². The lowest BCUT2D eigenvalue weighted by molar-refractivity contribution is 0.0962. The van der Waals surface area contributed by atoms with E-state index in [9.17, 15) is 9.59 Å². The number of piperidine rings is 2. The van der Waals surface area contributed by atoms with Gasteiger partial charge >= 0.3 is 6.03 Å². The minimum Gasteiger partial charge on any atom is -0.325 e. The van der Waals surface area contributed by atoms with Crippen LogP contribution in [0.5, 0.6) is 0 Å². The number of amidine groups is 2. The van der Waals surface area contributed by atoms with Crippen LogP contribution in [0.1, 0.15) is 67.1 Å². The van der Waals surface area contributed by atoms with Crippen LogP contribution in [0.4, 0.5) is 4.79 Å². The summed E-state index contributed by atoms with van der Waals surface area (Å²) < 4.78 is 0. The number of likely N-dealkylation sites (tertiary alicyclic amines) is 2. The average Bonchev–Trinajstić information content (AvgIpc) is 2.92. The van der Waals surface area contributed by atoms with Crippen LogP contribution in [0, 0.1) is 10.8 Å². The second kappa shape index (κ2) is 12.0. The van der Waals surface area contributed by atoms with E-state index >= 15 is 0 Å². The minimum atomic E-state index is -0.355. The van der Waals surface area contributed by atoms with E-state index in [0.717, 1.165) is 61.9 Å². The first-order valence-electron chi connectivity index (χ1n) is 13.1. The lowest BCUT2D eigenvalue weighted by atomic mass is 10.0. The SMILES string of the molecule is C=C(/C=C\C=C(/C)C(=N)N1CCCCC1=N)NC(=O)c1cc2c(cn1)CCN(C(=O)N1CCCCC1)C2. The van der Waals surface area contributed by atoms with E-state index in [-0.39, 0.29) is 17.6 Å². The molecule has 1 aromatic rings. The third-order valence-electron chi connectivity index (χ3n) is 7.16. The van der Waals surface area contributed by atoms with E-state index in [2.05, 4.69) is 16.9 Å². The standard InChI is InChI=1S/C28H37N7O2/c1-20(26(30)35-15-7-4-11-25(35)29)9-8-10-21(2)32-27(36)24-17-23-19-34(16-12-22(23)18-31-24)28(37)33-13-5-3-6-14-33/h8-10,17-18,29-30H,2-7,11-16,19H2,1H3,(H,32,36)/b10-8-,20-9+,29-25?,30-26?. The van der Waals surface area contributed by atoms with E-state index in [1.54, 1.807) is 35.4 Å². The van der Waals surface area contributed by atoms with Crippen LogP contribution >= 0.6 is 0 Å². The zero-order chi connectivity index (χ0) is 26.4. The molecule has 2 fully saturated rings. The Bertz CT molecular complexity index is 1150. The van der Waals surface area contributed by atoms with Crippen molar-refractivity contribution in [2.45, 2.75) is 58.4 Å². The number of rotatable bonds is 5. The highest BCUT2D eigenvalue weighted by molar-refractivity contribution is 6.06. The molecule has 3 aliphatic rings. The van der Waals surface area contributed by atoms with Gasteiger partial charge in [-0.1, -0.05) is 18.7 Å². The van der Waals surface area contributed by atoms with Crippen molar-refractivity contribution in [2.24, 2.45) is 0 Å². The molecule has 0 bridgehead atoms. The molecule has 1 aromatic heterocycles. The van der Waals surface area contributed by atoms with Crippen LogP contribution in [0.2, 0.25) is 0 Å². The number of carbonyl (C=O) groups is 2. The summed E-state index contributed by atoms with van der Waals surface area (Å²) in [7, 11) is 0. The lowest BCUT2D eigenvalue weighted by Crippen LogP contribution is -2.47. The molecule has 0 aromatic carbocycles. The van der Waals surface area contributed by atoms with Gasteiger partial charge in [0.25, 0.3) is 5.91 Å². The van der Waals surface area contributed by atoms with Gasteiger partial charge in [-0.2, -0.15) is 0 Å². The van der Waals surface area contributed by atoms with Gasteiger partial charge < -0.3 is 20.0 Å². The van der Waals surface area contributed by atoms with Gasteiger partial charge in [-0.15, -0.1) is 0 Å². The maximum atomic E-state index is 12.9. The summed E-state index contributed by atoms with van der Waals surface area (Å²) in [6.45, 7) is 9.24. The average molecular weight is 504 g/mol. The van der Waals surface area contributed by atoms with Crippen LogP contribution in [-0.4, -0.2) is 69.5 Å². The fraction of sp³-hybridized carbons (Fsp3) is 0.464. The van der Waals surface area contributed by atoms with Crippen LogP contribution in [0.15, 0.2) is 48.3 Å². The molecule has 4 rings (SSSR count). The highest BCUT2D eigenvalue weighted by atomic mass is 16.2. The Kier molecular flexibility index (Phi) is 8.53. The Balaban J connectivity index is 1.33. The maximum absolute atomic E-state index is 12.9. The molecule has 0 atom stereocenters. The number of nitrogens with zero attached hydrogens (tertiary/aromatic N) is 4. The Hall–Kier alpha value is -3.75. The zero-order valence-electron chi connectivity index (χ0n) is 21.7. The maximum Gasteiger partial charge on any atom is 0.320 e. The first-order chi connectivity index (χ1) is 17.8. The summed E-state index contributed by atoms with van der Waals surface area (Å²) in [4.78, 5) is 35.6. The first kappa shape index (κ1) is 26.3. The lowest BCUT2D eigenvalue weighted by Gasteiger charge is -2.35. The molecule has 0 unspecified atom stereocenters. The van der Waals surface area contributed by atoms with Gasteiger partial charge in [-0.05, 0) is 74.3 Å². The third kappa shape index (κ3) is 6.53. The van der Waals surface area contributed by atoms with Gasteiger partial charge in [0.1, 0.15) is 17.4 Å². The van der Waals surface area contributed by atoms with Crippen molar-refractivity contribution in [3.8, 4) is 0 Å². The Morgan fingerprint density at radius 2 is 1.78 bits per heavy atom. The molecule has 3 amide bonds. The van der Waals surface area contributed by atoms with E-state index < -0.39 is 0 Å². The number of allylic oxidation sites excluding steroid dienone is 3. The second-order valence-corrected chi connectivity index (χ2v) is 9.93. The number of aromatic nitrogens is 1. The number of nitrogens with one attached hydrogen (secondary N) is 3. The molecule has 3 aliphatic heterocycles. The Morgan fingerprint density at radius 3 is 2.54 bits per heavy atom. The molecule has 0 spiro atoms. The monoisotopic (exact) mass is 503 g/mol. The van der Waals surface area contributed by atoms with Crippen LogP contribution < -0.4 is 5.32 Å². The summed E-state index contributed by atoms with van der Waals surface area (Å²) in [5.74, 6) is 0.461. The van der Waals surface area contributed by atoms with Gasteiger partial charge in [0.15, 0.2) is 0 Å². The number of carbonyl (C=O) groups excluding carboxylic acids is 2. The number of amides is 3. The van der Waals surface area contributed by atoms with E-state index in [1.165, 1.54) is 6.42 Å². The van der Waals surface area contributed by atoms with Crippen LogP contribution in [0.3, 0.4) is 0 Å². The van der Waals surface area contributed by atoms with E-state index in [0.29, 0.717) is 43.4 Å². The quantitative estimate of drug-likeness (QED) is 0.317. The largest absolute Gasteiger partial charge is 0.325 e. The molecule has 9 nitrogen and oxygen atoms in total. The van der Waals surface area contributed by atoms with Crippen molar-refractivity contribution in [1.82, 2.24) is 25.0 Å². The number of hydrogen-bond donors (Lipinski definition) is 3. The first-order valence-corrected chi connectivity index (χ1v) is 13.1. The van der Waals surface area contributed by atoms with Gasteiger partial charge in [0.05, 0.1) is 0 Å². The fourth-order valence-corrected chi connectivity index (χ4v) is 4.94. The molecule has 2 saturated heterocycles. The van der Waals surface area contributed by atoms with Crippen molar-refractivity contribution < 1.29 is 9.59 Å². The molecular formula is C28H37N7O2. The summed E-state index contributed by atoms with van der Waals surface area (Å²) >= 11 is 0. The summed E-state index contributed by atoms with van der Waals surface area (Å²) in [5, 5.41) is 19.2. The molecule has 3 N–H and O–H groups in total. The molecule has 0 radical (unpaired) electrons. The predicted octanol–water partition coefficient (Wildman–Crippen LogP) is 4.23. The number of pyridine rings is 1. The van der Waals surface area contributed by atoms with Gasteiger partial charge in [0, 0.05) is 51.0 Å². The van der Waals surface area contributed by atoms with Crippen LogP contribution in [-0.2, 0) is 13.0 Å². The predicted molar refractivity (Wildman–Crippen MR) is 145 cm³/mol. The molecule has 37 heavy (non-hydrogen) atoms. The normalized spacial score (nSPS) is 18.6. The summed E-state index contributed by atoms with van der Waals surface area (Å²) in [5.41, 5.74) is 3.47. The molecule has 4 heterocycles. The fourth-order valence-electron chi connectivity index (χ4n) is 4.94. The number of fused-ring (bicyclic) bond motifs is 1. The zero-order valence-corrected chi connectivity index (χ0v) is 21.7. The van der Waals surface area contributed by atoms with Gasteiger partial charge in [-0.3, -0.25) is 20.6 Å². The van der Waals surface area contributed by atoms with Crippen LogP contribution in [0.25, 0.3) is 0 Å². The van der Waals surface area contributed by atoms with Crippen molar-refractivity contribution in [1.29, 1.82) is 10.8 Å². The van der Waals surface area contributed by atoms with E-state index in [4.69, 9.17) is 10.8 Å². The highest BCUT2D eigenvalue weighted by Gasteiger charge is 2.27. The third-order valence-corrected chi connectivity index (χ3v) is 7.16. The van der Waals surface area contributed by atoms with Crippen molar-refractivity contribution in [2.75, 3.05) is 26.2 Å². The Labute approximate surface area is 218 Å². The van der Waals surface area contributed by atoms with Crippen molar-refractivity contribution in [3.63, 3.8) is 0 Å². The molecule has 0 saturated carbocycles. The molecule has 0 aliphatic carbocycles. The van der Waals surface area contributed by atoms with E-state index in [1.807, 2.05) is 16.7 Å². The second-order valence-electron chi connectivity index (χ2n) is 9.93. The molecule has 196 valence electrons. The highest BCUT2D eigenvalue weighted by Crippen LogP contribution is 2.22. The topological polar surface area (TPSA) is 116 Å². The number of urea groups is 1. The summed E-state index contributed by atoms with van der Waals surface area (Å²) in [6.07, 6.45) is 13.7. The van der Waals surface area contributed by atoms with Gasteiger partial charge in [-0.25, -0.2) is 4.79 Å².